The first-order chi connectivity index (χ1) is 9.15. The third kappa shape index (κ3) is 4.18. The maximum atomic E-state index is 9.86. The molecular weight excluding hydrogens is 262 g/mol. The summed E-state index contributed by atoms with van der Waals surface area (Å²) in [7, 11) is 1.86. The predicted octanol–water partition coefficient (Wildman–Crippen LogP) is 1.53. The van der Waals surface area contributed by atoms with E-state index in [2.05, 4.69) is 5.10 Å². The second-order valence-corrected chi connectivity index (χ2v) is 5.26. The van der Waals surface area contributed by atoms with Crippen molar-refractivity contribution >= 4 is 17.4 Å². The zero-order chi connectivity index (χ0) is 13.7. The fourth-order valence-electron chi connectivity index (χ4n) is 1.51. The van der Waals surface area contributed by atoms with E-state index in [1.165, 1.54) is 0 Å². The van der Waals surface area contributed by atoms with Crippen molar-refractivity contribution in [2.45, 2.75) is 11.0 Å². The van der Waals surface area contributed by atoms with Crippen LogP contribution in [0.2, 0.25) is 0 Å². The highest BCUT2D eigenvalue weighted by Crippen LogP contribution is 2.21. The highest BCUT2D eigenvalue weighted by molar-refractivity contribution is 7.99. The number of anilines is 1. The van der Waals surface area contributed by atoms with E-state index < -0.39 is 6.10 Å². The molecule has 0 bridgehead atoms. The quantitative estimate of drug-likeness (QED) is 0.620. The number of benzene rings is 1. The monoisotopic (exact) mass is 279 g/mol. The molecule has 5 nitrogen and oxygen atoms in total. The average molecular weight is 279 g/mol. The summed E-state index contributed by atoms with van der Waals surface area (Å²) in [5.74, 6) is 1.16. The van der Waals surface area contributed by atoms with Crippen molar-refractivity contribution in [1.29, 1.82) is 0 Å². The average Bonchev–Trinajstić information content (AvgIpc) is 2.81. The summed E-state index contributed by atoms with van der Waals surface area (Å²) in [6, 6.07) is 7.25. The highest BCUT2D eigenvalue weighted by Gasteiger charge is 2.08. The molecule has 3 N–H and O–H groups in total. The lowest BCUT2D eigenvalue weighted by atomic mass is 10.3. The maximum Gasteiger partial charge on any atom is 0.142 e. The van der Waals surface area contributed by atoms with Gasteiger partial charge in [0.1, 0.15) is 12.4 Å². The third-order valence-electron chi connectivity index (χ3n) is 2.47. The van der Waals surface area contributed by atoms with Gasteiger partial charge in [-0.25, -0.2) is 0 Å². The Morgan fingerprint density at radius 2 is 2.26 bits per heavy atom. The summed E-state index contributed by atoms with van der Waals surface area (Å²) in [6.45, 7) is 0.224. The molecule has 1 unspecified atom stereocenters. The van der Waals surface area contributed by atoms with Crippen LogP contribution in [0.1, 0.15) is 0 Å². The van der Waals surface area contributed by atoms with Gasteiger partial charge in [-0.1, -0.05) is 12.1 Å². The summed E-state index contributed by atoms with van der Waals surface area (Å²) < 4.78 is 7.22. The van der Waals surface area contributed by atoms with Crippen molar-refractivity contribution < 1.29 is 9.84 Å². The number of hydrogen-bond acceptors (Lipinski definition) is 5. The van der Waals surface area contributed by atoms with Gasteiger partial charge in [0.25, 0.3) is 0 Å². The Kier molecular flexibility index (Phi) is 4.70. The normalized spacial score (nSPS) is 12.3. The van der Waals surface area contributed by atoms with Gasteiger partial charge in [-0.05, 0) is 12.1 Å². The molecule has 0 saturated carbocycles. The van der Waals surface area contributed by atoms with Gasteiger partial charge < -0.3 is 15.6 Å². The number of ether oxygens (including phenoxy) is 1. The standard InChI is InChI=1S/C13H17N3O2S/c1-16-7-11(6-15-16)19-9-10(17)8-18-13-5-3-2-4-12(13)14/h2-7,10,17H,8-9,14H2,1H3. The molecule has 1 aromatic carbocycles. The van der Waals surface area contributed by atoms with Crippen LogP contribution in [-0.4, -0.2) is 33.4 Å². The second-order valence-electron chi connectivity index (χ2n) is 4.16. The minimum absolute atomic E-state index is 0.224. The Morgan fingerprint density at radius 3 is 2.95 bits per heavy atom. The Labute approximate surface area is 116 Å². The molecule has 19 heavy (non-hydrogen) atoms. The molecule has 0 radical (unpaired) electrons. The minimum atomic E-state index is -0.551. The summed E-state index contributed by atoms with van der Waals surface area (Å²) in [6.07, 6.45) is 3.13. The van der Waals surface area contributed by atoms with E-state index in [4.69, 9.17) is 10.5 Å². The lowest BCUT2D eigenvalue weighted by Crippen LogP contribution is -2.20. The van der Waals surface area contributed by atoms with Gasteiger partial charge in [-0.2, -0.15) is 5.10 Å². The smallest absolute Gasteiger partial charge is 0.142 e. The largest absolute Gasteiger partial charge is 0.489 e. The molecule has 0 aliphatic carbocycles. The minimum Gasteiger partial charge on any atom is -0.489 e. The maximum absolute atomic E-state index is 9.86. The molecule has 0 amide bonds. The van der Waals surface area contributed by atoms with Gasteiger partial charge in [-0.3, -0.25) is 4.68 Å². The van der Waals surface area contributed by atoms with Gasteiger partial charge >= 0.3 is 0 Å². The zero-order valence-corrected chi connectivity index (χ0v) is 11.5. The van der Waals surface area contributed by atoms with Gasteiger partial charge in [0, 0.05) is 23.9 Å². The molecule has 102 valence electrons. The van der Waals surface area contributed by atoms with Crippen LogP contribution in [0.4, 0.5) is 5.69 Å². The van der Waals surface area contributed by atoms with Crippen molar-refractivity contribution in [2.75, 3.05) is 18.1 Å². The van der Waals surface area contributed by atoms with Crippen molar-refractivity contribution in [3.05, 3.63) is 36.7 Å². The van der Waals surface area contributed by atoms with Crippen molar-refractivity contribution in [3.8, 4) is 5.75 Å². The first kappa shape index (κ1) is 13.8. The van der Waals surface area contributed by atoms with Crippen LogP contribution in [0.3, 0.4) is 0 Å². The number of nitrogen functional groups attached to an aromatic ring is 1. The Hall–Kier alpha value is -1.66. The number of rotatable bonds is 6. The molecule has 0 spiro atoms. The lowest BCUT2D eigenvalue weighted by Gasteiger charge is -2.12. The first-order valence-electron chi connectivity index (χ1n) is 5.92. The first-order valence-corrected chi connectivity index (χ1v) is 6.90. The predicted molar refractivity (Wildman–Crippen MR) is 76.3 cm³/mol. The van der Waals surface area contributed by atoms with Crippen molar-refractivity contribution in [3.63, 3.8) is 0 Å². The molecule has 0 aliphatic rings. The molecule has 1 heterocycles. The molecule has 2 rings (SSSR count). The lowest BCUT2D eigenvalue weighted by molar-refractivity contribution is 0.127. The fraction of sp³-hybridized carbons (Fsp3) is 0.308. The zero-order valence-electron chi connectivity index (χ0n) is 10.7. The van der Waals surface area contributed by atoms with Crippen LogP contribution in [0.15, 0.2) is 41.6 Å². The summed E-state index contributed by atoms with van der Waals surface area (Å²) in [4.78, 5) is 1.03. The molecular formula is C13H17N3O2S. The van der Waals surface area contributed by atoms with Crippen LogP contribution in [0.25, 0.3) is 0 Å². The third-order valence-corrected chi connectivity index (χ3v) is 3.57. The number of nitrogens with two attached hydrogens (primary N) is 1. The van der Waals surface area contributed by atoms with Crippen LogP contribution in [0, 0.1) is 0 Å². The number of aliphatic hydroxyl groups is 1. The fourth-order valence-corrected chi connectivity index (χ4v) is 2.34. The summed E-state index contributed by atoms with van der Waals surface area (Å²) >= 11 is 1.54. The van der Waals surface area contributed by atoms with E-state index >= 15 is 0 Å². The molecule has 6 heteroatoms. The summed E-state index contributed by atoms with van der Waals surface area (Å²) in [5, 5.41) is 13.9. The van der Waals surface area contributed by atoms with Gasteiger partial charge in [-0.15, -0.1) is 11.8 Å². The number of thioether (sulfide) groups is 1. The summed E-state index contributed by atoms with van der Waals surface area (Å²) in [5.41, 5.74) is 6.33. The van der Waals surface area contributed by atoms with E-state index in [1.54, 1.807) is 34.8 Å². The SMILES string of the molecule is Cn1cc(SCC(O)COc2ccccc2N)cn1. The highest BCUT2D eigenvalue weighted by atomic mass is 32.2. The molecule has 0 aliphatic heterocycles. The number of aryl methyl sites for hydroxylation is 1. The Bertz CT molecular complexity index is 530. The number of aliphatic hydroxyl groups excluding tert-OH is 1. The Morgan fingerprint density at radius 1 is 1.47 bits per heavy atom. The van der Waals surface area contributed by atoms with E-state index in [0.717, 1.165) is 4.90 Å². The van der Waals surface area contributed by atoms with E-state index in [0.29, 0.717) is 17.2 Å². The van der Waals surface area contributed by atoms with Gasteiger partial charge in [0.15, 0.2) is 0 Å². The van der Waals surface area contributed by atoms with Crippen molar-refractivity contribution in [1.82, 2.24) is 9.78 Å². The molecule has 2 aromatic rings. The van der Waals surface area contributed by atoms with Crippen LogP contribution in [0.5, 0.6) is 5.75 Å². The van der Waals surface area contributed by atoms with E-state index in [9.17, 15) is 5.11 Å². The van der Waals surface area contributed by atoms with Crippen LogP contribution >= 0.6 is 11.8 Å². The molecule has 0 fully saturated rings. The van der Waals surface area contributed by atoms with Gasteiger partial charge in [0.2, 0.25) is 0 Å². The van der Waals surface area contributed by atoms with Crippen LogP contribution < -0.4 is 10.5 Å². The van der Waals surface area contributed by atoms with E-state index in [1.807, 2.05) is 25.4 Å². The topological polar surface area (TPSA) is 73.3 Å². The van der Waals surface area contributed by atoms with Crippen LogP contribution in [-0.2, 0) is 7.05 Å². The van der Waals surface area contributed by atoms with Gasteiger partial charge in [0.05, 0.1) is 18.0 Å². The molecule has 1 atom stereocenters. The second kappa shape index (κ2) is 6.49. The number of aromatic nitrogens is 2. The van der Waals surface area contributed by atoms with E-state index in [-0.39, 0.29) is 6.61 Å². The number of nitrogens with zero attached hydrogens (tertiary/aromatic N) is 2. The molecule has 1 aromatic heterocycles. The number of para-hydroxylation sites is 2. The number of hydrogen-bond donors (Lipinski definition) is 2. The van der Waals surface area contributed by atoms with Crippen molar-refractivity contribution in [2.24, 2.45) is 7.05 Å². The Balaban J connectivity index is 1.76. The molecule has 0 saturated heterocycles.